The molecule has 3 heterocycles. The number of pyridine rings is 1. The minimum atomic E-state index is -0.583. The van der Waals surface area contributed by atoms with Crippen LogP contribution in [0.15, 0.2) is 36.9 Å². The molecule has 6 nitrogen and oxygen atoms in total. The number of likely N-dealkylation sites (tertiary alicyclic amines) is 1. The zero-order valence-electron chi connectivity index (χ0n) is 11.1. The number of rotatable bonds is 3. The van der Waals surface area contributed by atoms with Crippen molar-refractivity contribution in [2.75, 3.05) is 13.1 Å². The van der Waals surface area contributed by atoms with Gasteiger partial charge in [0.1, 0.15) is 12.4 Å². The molecule has 0 N–H and O–H groups in total. The van der Waals surface area contributed by atoms with Gasteiger partial charge in [-0.3, -0.25) is 4.79 Å². The number of nitrogens with zero attached hydrogens (tertiary/aromatic N) is 4. The van der Waals surface area contributed by atoms with Crippen LogP contribution in [-0.4, -0.2) is 45.0 Å². The van der Waals surface area contributed by atoms with Gasteiger partial charge in [0.05, 0.1) is 12.1 Å². The van der Waals surface area contributed by atoms with E-state index in [1.165, 1.54) is 30.9 Å². The zero-order chi connectivity index (χ0) is 14.7. The summed E-state index contributed by atoms with van der Waals surface area (Å²) in [7, 11) is 0. The molecule has 0 aliphatic carbocycles. The van der Waals surface area contributed by atoms with Gasteiger partial charge in [0.2, 0.25) is 11.8 Å². The predicted octanol–water partition coefficient (Wildman–Crippen LogP) is 1.30. The van der Waals surface area contributed by atoms with Crippen molar-refractivity contribution in [3.63, 3.8) is 0 Å². The molecule has 0 radical (unpaired) electrons. The number of hydrogen-bond donors (Lipinski definition) is 0. The number of carbonyl (C=O) groups excluding carboxylic acids is 1. The number of carbonyl (C=O) groups is 1. The lowest BCUT2D eigenvalue weighted by molar-refractivity contribution is 0.0770. The second kappa shape index (κ2) is 5.82. The third-order valence-corrected chi connectivity index (χ3v) is 3.22. The third kappa shape index (κ3) is 3.13. The first-order valence-electron chi connectivity index (χ1n) is 6.56. The highest BCUT2D eigenvalue weighted by atomic mass is 19.1. The van der Waals surface area contributed by atoms with Crippen LogP contribution in [0.1, 0.15) is 16.8 Å². The van der Waals surface area contributed by atoms with Gasteiger partial charge in [0.15, 0.2) is 0 Å². The number of hydrogen-bond acceptors (Lipinski definition) is 5. The molecule has 0 aromatic carbocycles. The summed E-state index contributed by atoms with van der Waals surface area (Å²) in [6.07, 6.45) is 4.84. The van der Waals surface area contributed by atoms with E-state index in [1.807, 2.05) is 0 Å². The molecule has 7 heteroatoms. The summed E-state index contributed by atoms with van der Waals surface area (Å²) < 4.78 is 18.6. The Labute approximate surface area is 120 Å². The number of amides is 1. The van der Waals surface area contributed by atoms with Crippen LogP contribution in [0.3, 0.4) is 0 Å². The number of ether oxygens (including phenoxy) is 1. The highest BCUT2D eigenvalue weighted by Crippen LogP contribution is 2.18. The monoisotopic (exact) mass is 288 g/mol. The summed E-state index contributed by atoms with van der Waals surface area (Å²) in [5.41, 5.74) is 0.446. The van der Waals surface area contributed by atoms with Gasteiger partial charge < -0.3 is 9.64 Å². The maximum atomic E-state index is 13.0. The molecular formula is C14H13FN4O2. The van der Waals surface area contributed by atoms with Crippen LogP contribution in [0.5, 0.6) is 5.88 Å². The summed E-state index contributed by atoms with van der Waals surface area (Å²) in [5, 5.41) is 0. The van der Waals surface area contributed by atoms with Crippen LogP contribution >= 0.6 is 0 Å². The fraction of sp³-hybridized carbons (Fsp3) is 0.286. The van der Waals surface area contributed by atoms with Crippen LogP contribution in [0.4, 0.5) is 4.39 Å². The smallest absolute Gasteiger partial charge is 0.257 e. The first-order chi connectivity index (χ1) is 10.2. The van der Waals surface area contributed by atoms with Gasteiger partial charge in [-0.15, -0.1) is 0 Å². The van der Waals surface area contributed by atoms with Gasteiger partial charge in [-0.05, 0) is 6.07 Å². The molecule has 1 aliphatic rings. The van der Waals surface area contributed by atoms with E-state index in [0.717, 1.165) is 0 Å². The van der Waals surface area contributed by atoms with Gasteiger partial charge in [0, 0.05) is 31.4 Å². The maximum absolute atomic E-state index is 13.0. The number of aromatic nitrogens is 3. The van der Waals surface area contributed by atoms with Crippen LogP contribution in [0.2, 0.25) is 0 Å². The Hall–Kier alpha value is -2.57. The van der Waals surface area contributed by atoms with Crippen LogP contribution < -0.4 is 4.74 Å². The van der Waals surface area contributed by atoms with Crippen LogP contribution in [0, 0.1) is 5.95 Å². The molecule has 1 amide bonds. The average Bonchev–Trinajstić information content (AvgIpc) is 2.96. The Morgan fingerprint density at radius 3 is 2.90 bits per heavy atom. The largest absolute Gasteiger partial charge is 0.472 e. The van der Waals surface area contributed by atoms with Gasteiger partial charge in [-0.25, -0.2) is 9.97 Å². The molecule has 1 aliphatic heterocycles. The van der Waals surface area contributed by atoms with Gasteiger partial charge in [-0.2, -0.15) is 9.37 Å². The van der Waals surface area contributed by atoms with Crippen molar-refractivity contribution in [2.45, 2.75) is 12.5 Å². The molecule has 1 fully saturated rings. The van der Waals surface area contributed by atoms with Crippen molar-refractivity contribution in [3.8, 4) is 5.88 Å². The second-order valence-corrected chi connectivity index (χ2v) is 4.71. The van der Waals surface area contributed by atoms with Crippen molar-refractivity contribution in [2.24, 2.45) is 0 Å². The Morgan fingerprint density at radius 1 is 1.33 bits per heavy atom. The molecular weight excluding hydrogens is 275 g/mol. The highest BCUT2D eigenvalue weighted by molar-refractivity contribution is 5.93. The number of halogens is 1. The molecule has 3 rings (SSSR count). The van der Waals surface area contributed by atoms with Crippen molar-refractivity contribution >= 4 is 5.91 Å². The van der Waals surface area contributed by atoms with Gasteiger partial charge in [0.25, 0.3) is 5.91 Å². The first-order valence-corrected chi connectivity index (χ1v) is 6.56. The third-order valence-electron chi connectivity index (χ3n) is 3.22. The van der Waals surface area contributed by atoms with Crippen molar-refractivity contribution in [3.05, 3.63) is 48.4 Å². The van der Waals surface area contributed by atoms with Gasteiger partial charge >= 0.3 is 0 Å². The van der Waals surface area contributed by atoms with E-state index in [1.54, 1.807) is 11.0 Å². The van der Waals surface area contributed by atoms with E-state index in [4.69, 9.17) is 4.74 Å². The Bertz CT molecular complexity index is 638. The fourth-order valence-electron chi connectivity index (χ4n) is 2.23. The lowest BCUT2D eigenvalue weighted by Gasteiger charge is -2.16. The van der Waals surface area contributed by atoms with E-state index in [-0.39, 0.29) is 17.9 Å². The predicted molar refractivity (Wildman–Crippen MR) is 71.2 cm³/mol. The summed E-state index contributed by atoms with van der Waals surface area (Å²) in [6.45, 7) is 1.01. The fourth-order valence-corrected chi connectivity index (χ4v) is 2.23. The summed E-state index contributed by atoms with van der Waals surface area (Å²) in [4.78, 5) is 25.2. The van der Waals surface area contributed by atoms with Crippen molar-refractivity contribution in [1.29, 1.82) is 0 Å². The second-order valence-electron chi connectivity index (χ2n) is 4.71. The Morgan fingerprint density at radius 2 is 2.14 bits per heavy atom. The summed E-state index contributed by atoms with van der Waals surface area (Å²) in [5.74, 6) is -0.480. The lowest BCUT2D eigenvalue weighted by atomic mass is 10.3. The quantitative estimate of drug-likeness (QED) is 0.796. The topological polar surface area (TPSA) is 68.2 Å². The molecule has 0 saturated carbocycles. The highest BCUT2D eigenvalue weighted by Gasteiger charge is 2.28. The molecule has 0 bridgehead atoms. The van der Waals surface area contributed by atoms with Crippen molar-refractivity contribution < 1.29 is 13.9 Å². The van der Waals surface area contributed by atoms with E-state index < -0.39 is 5.95 Å². The summed E-state index contributed by atoms with van der Waals surface area (Å²) >= 11 is 0. The average molecular weight is 288 g/mol. The van der Waals surface area contributed by atoms with E-state index in [0.29, 0.717) is 25.1 Å². The minimum Gasteiger partial charge on any atom is -0.472 e. The normalized spacial score (nSPS) is 17.8. The first kappa shape index (κ1) is 13.4. The molecule has 21 heavy (non-hydrogen) atoms. The summed E-state index contributed by atoms with van der Waals surface area (Å²) in [6, 6.07) is 4.39. The molecule has 0 spiro atoms. The molecule has 2 aromatic heterocycles. The molecule has 108 valence electrons. The van der Waals surface area contributed by atoms with E-state index >= 15 is 0 Å². The molecule has 1 unspecified atom stereocenters. The standard InChI is InChI=1S/C14H13FN4O2/c15-12-2-1-3-13(18-12)21-11-4-5-19(8-11)14(20)10-6-16-9-17-7-10/h1-3,6-7,9,11H,4-5,8H2. The Balaban J connectivity index is 1.62. The van der Waals surface area contributed by atoms with Crippen LogP contribution in [0.25, 0.3) is 0 Å². The SMILES string of the molecule is O=C(c1cncnc1)N1CCC(Oc2cccc(F)n2)C1. The van der Waals surface area contributed by atoms with Crippen molar-refractivity contribution in [1.82, 2.24) is 19.9 Å². The zero-order valence-corrected chi connectivity index (χ0v) is 11.1. The molecule has 1 atom stereocenters. The lowest BCUT2D eigenvalue weighted by Crippen LogP contribution is -2.31. The van der Waals surface area contributed by atoms with E-state index in [2.05, 4.69) is 15.0 Å². The minimum absolute atomic E-state index is 0.131. The van der Waals surface area contributed by atoms with Gasteiger partial charge in [-0.1, -0.05) is 6.07 Å². The van der Waals surface area contributed by atoms with Crippen LogP contribution in [-0.2, 0) is 0 Å². The Kier molecular flexibility index (Phi) is 3.72. The maximum Gasteiger partial charge on any atom is 0.257 e. The van der Waals surface area contributed by atoms with E-state index in [9.17, 15) is 9.18 Å². The molecule has 2 aromatic rings. The molecule has 1 saturated heterocycles.